The van der Waals surface area contributed by atoms with Crippen LogP contribution in [-0.4, -0.2) is 27.5 Å². The largest absolute Gasteiger partial charge is 0.394 e. The molecule has 20 heavy (non-hydrogen) atoms. The van der Waals surface area contributed by atoms with Crippen molar-refractivity contribution in [1.82, 2.24) is 9.78 Å². The molecular weight excluding hydrogens is 252 g/mol. The molecule has 0 radical (unpaired) electrons. The maximum atomic E-state index is 9.53. The maximum absolute atomic E-state index is 9.53. The molecule has 1 heterocycles. The molecule has 0 fully saturated rings. The lowest BCUT2D eigenvalue weighted by atomic mass is 10.1. The van der Waals surface area contributed by atoms with Crippen LogP contribution in [0.25, 0.3) is 0 Å². The van der Waals surface area contributed by atoms with Crippen LogP contribution in [0, 0.1) is 18.3 Å². The van der Waals surface area contributed by atoms with Crippen molar-refractivity contribution >= 4 is 5.82 Å². The van der Waals surface area contributed by atoms with E-state index in [1.165, 1.54) is 0 Å². The van der Waals surface area contributed by atoms with Crippen molar-refractivity contribution in [3.05, 3.63) is 47.2 Å². The summed E-state index contributed by atoms with van der Waals surface area (Å²) < 4.78 is 1.64. The summed E-state index contributed by atoms with van der Waals surface area (Å²) in [7, 11) is 1.78. The average molecular weight is 270 g/mol. The fourth-order valence-electron chi connectivity index (χ4n) is 2.21. The van der Waals surface area contributed by atoms with Gasteiger partial charge in [0.2, 0.25) is 0 Å². The predicted molar refractivity (Wildman–Crippen MR) is 77.3 cm³/mol. The lowest BCUT2D eigenvalue weighted by Gasteiger charge is -2.18. The average Bonchev–Trinajstić information content (AvgIpc) is 2.73. The summed E-state index contributed by atoms with van der Waals surface area (Å²) in [5, 5.41) is 26.2. The van der Waals surface area contributed by atoms with E-state index in [9.17, 15) is 10.4 Å². The van der Waals surface area contributed by atoms with Crippen molar-refractivity contribution in [3.8, 4) is 6.07 Å². The number of rotatable bonds is 5. The maximum Gasteiger partial charge on any atom is 0.142 e. The number of aliphatic hydroxyl groups is 1. The van der Waals surface area contributed by atoms with E-state index >= 15 is 0 Å². The van der Waals surface area contributed by atoms with Crippen molar-refractivity contribution in [2.75, 3.05) is 11.9 Å². The number of aromatic nitrogens is 2. The van der Waals surface area contributed by atoms with E-state index < -0.39 is 0 Å². The van der Waals surface area contributed by atoms with Crippen LogP contribution in [0.15, 0.2) is 30.3 Å². The second-order valence-corrected chi connectivity index (χ2v) is 4.76. The first-order valence-corrected chi connectivity index (χ1v) is 6.50. The Morgan fingerprint density at radius 3 is 2.70 bits per heavy atom. The smallest absolute Gasteiger partial charge is 0.142 e. The van der Waals surface area contributed by atoms with E-state index in [2.05, 4.69) is 16.5 Å². The Bertz CT molecular complexity index is 613. The molecule has 5 heteroatoms. The fraction of sp³-hybridized carbons (Fsp3) is 0.333. The summed E-state index contributed by atoms with van der Waals surface area (Å²) >= 11 is 0. The number of hydrogen-bond acceptors (Lipinski definition) is 4. The highest BCUT2D eigenvalue weighted by molar-refractivity contribution is 5.55. The van der Waals surface area contributed by atoms with E-state index in [1.807, 2.05) is 30.3 Å². The zero-order valence-corrected chi connectivity index (χ0v) is 11.7. The molecule has 2 rings (SSSR count). The van der Waals surface area contributed by atoms with Crippen LogP contribution in [0.4, 0.5) is 5.82 Å². The molecule has 0 saturated heterocycles. The molecule has 2 aromatic rings. The highest BCUT2D eigenvalue weighted by atomic mass is 16.3. The summed E-state index contributed by atoms with van der Waals surface area (Å²) in [6.07, 6.45) is 0.687. The van der Waals surface area contributed by atoms with E-state index in [1.54, 1.807) is 18.7 Å². The molecule has 5 nitrogen and oxygen atoms in total. The molecule has 0 amide bonds. The molecule has 104 valence electrons. The number of benzene rings is 1. The summed E-state index contributed by atoms with van der Waals surface area (Å²) in [5.41, 5.74) is 2.35. The Kier molecular flexibility index (Phi) is 4.38. The second-order valence-electron chi connectivity index (χ2n) is 4.76. The topological polar surface area (TPSA) is 73.9 Å². The number of nitrogens with zero attached hydrogens (tertiary/aromatic N) is 3. The van der Waals surface area contributed by atoms with Crippen LogP contribution in [0.2, 0.25) is 0 Å². The van der Waals surface area contributed by atoms with E-state index in [0.717, 1.165) is 5.56 Å². The van der Waals surface area contributed by atoms with Gasteiger partial charge in [-0.25, -0.2) is 0 Å². The van der Waals surface area contributed by atoms with E-state index in [4.69, 9.17) is 0 Å². The van der Waals surface area contributed by atoms with Crippen LogP contribution in [-0.2, 0) is 13.5 Å². The predicted octanol–water partition coefficient (Wildman–Crippen LogP) is 1.62. The number of nitrogens with one attached hydrogen (secondary N) is 1. The number of nitriles is 1. The Morgan fingerprint density at radius 1 is 1.40 bits per heavy atom. The van der Waals surface area contributed by atoms with Gasteiger partial charge in [0.15, 0.2) is 0 Å². The van der Waals surface area contributed by atoms with Crippen LogP contribution in [0.3, 0.4) is 0 Å². The standard InChI is InChI=1S/C15H18N4O/c1-11-14(9-16)15(19(2)18-11)17-13(10-20)8-12-6-4-3-5-7-12/h3-7,13,17,20H,8,10H2,1-2H3. The van der Waals surface area contributed by atoms with Crippen molar-refractivity contribution < 1.29 is 5.11 Å². The normalized spacial score (nSPS) is 11.9. The summed E-state index contributed by atoms with van der Waals surface area (Å²) in [6, 6.07) is 11.9. The molecule has 2 N–H and O–H groups in total. The number of hydrogen-bond donors (Lipinski definition) is 2. The number of anilines is 1. The molecule has 0 aliphatic heterocycles. The van der Waals surface area contributed by atoms with Gasteiger partial charge in [0.05, 0.1) is 18.3 Å². The van der Waals surface area contributed by atoms with Gasteiger partial charge in [-0.3, -0.25) is 4.68 Å². The van der Waals surface area contributed by atoms with Crippen LogP contribution >= 0.6 is 0 Å². The third kappa shape index (κ3) is 2.98. The summed E-state index contributed by atoms with van der Waals surface area (Å²) in [6.45, 7) is 1.79. The molecule has 1 unspecified atom stereocenters. The first-order valence-electron chi connectivity index (χ1n) is 6.50. The monoisotopic (exact) mass is 270 g/mol. The SMILES string of the molecule is Cc1nn(C)c(NC(CO)Cc2ccccc2)c1C#N. The summed E-state index contributed by atoms with van der Waals surface area (Å²) in [4.78, 5) is 0. The molecule has 0 aliphatic carbocycles. The van der Waals surface area contributed by atoms with Gasteiger partial charge in [0.1, 0.15) is 17.5 Å². The molecule has 1 aromatic carbocycles. The Morgan fingerprint density at radius 2 is 2.10 bits per heavy atom. The van der Waals surface area contributed by atoms with E-state index in [0.29, 0.717) is 23.5 Å². The minimum atomic E-state index is -0.153. The molecule has 1 aromatic heterocycles. The van der Waals surface area contributed by atoms with Gasteiger partial charge in [-0.1, -0.05) is 30.3 Å². The molecule has 0 aliphatic rings. The molecule has 0 bridgehead atoms. The first-order chi connectivity index (χ1) is 9.65. The zero-order chi connectivity index (χ0) is 14.5. The van der Waals surface area contributed by atoms with Gasteiger partial charge >= 0.3 is 0 Å². The van der Waals surface area contributed by atoms with Crippen LogP contribution in [0.1, 0.15) is 16.8 Å². The van der Waals surface area contributed by atoms with Crippen LogP contribution in [0.5, 0.6) is 0 Å². The molecule has 0 saturated carbocycles. The zero-order valence-electron chi connectivity index (χ0n) is 11.7. The lowest BCUT2D eigenvalue weighted by Crippen LogP contribution is -2.28. The highest BCUT2D eigenvalue weighted by Gasteiger charge is 2.16. The van der Waals surface area contributed by atoms with Gasteiger partial charge in [0, 0.05) is 7.05 Å². The van der Waals surface area contributed by atoms with Crippen molar-refractivity contribution in [2.24, 2.45) is 7.05 Å². The van der Waals surface area contributed by atoms with Gasteiger partial charge < -0.3 is 10.4 Å². The van der Waals surface area contributed by atoms with Crippen LogP contribution < -0.4 is 5.32 Å². The second kappa shape index (κ2) is 6.22. The quantitative estimate of drug-likeness (QED) is 0.865. The number of aliphatic hydroxyl groups excluding tert-OH is 1. The van der Waals surface area contributed by atoms with Gasteiger partial charge in [-0.05, 0) is 18.9 Å². The third-order valence-electron chi connectivity index (χ3n) is 3.22. The van der Waals surface area contributed by atoms with Crippen molar-refractivity contribution in [3.63, 3.8) is 0 Å². The Hall–Kier alpha value is -2.32. The minimum absolute atomic E-state index is 0.00993. The highest BCUT2D eigenvalue weighted by Crippen LogP contribution is 2.19. The van der Waals surface area contributed by atoms with Gasteiger partial charge in [-0.2, -0.15) is 10.4 Å². The molecular formula is C15H18N4O. The molecule has 1 atom stereocenters. The summed E-state index contributed by atoms with van der Waals surface area (Å²) in [5.74, 6) is 0.653. The van der Waals surface area contributed by atoms with Gasteiger partial charge in [0.25, 0.3) is 0 Å². The third-order valence-corrected chi connectivity index (χ3v) is 3.22. The van der Waals surface area contributed by atoms with Crippen molar-refractivity contribution in [1.29, 1.82) is 5.26 Å². The first kappa shape index (κ1) is 14.1. The Labute approximate surface area is 118 Å². The molecule has 0 spiro atoms. The lowest BCUT2D eigenvalue weighted by molar-refractivity contribution is 0.273. The number of aryl methyl sites for hydroxylation is 2. The van der Waals surface area contributed by atoms with Gasteiger partial charge in [-0.15, -0.1) is 0 Å². The minimum Gasteiger partial charge on any atom is -0.394 e. The van der Waals surface area contributed by atoms with Crippen molar-refractivity contribution in [2.45, 2.75) is 19.4 Å². The fourth-order valence-corrected chi connectivity index (χ4v) is 2.21. The Balaban J connectivity index is 2.17. The van der Waals surface area contributed by atoms with E-state index in [-0.39, 0.29) is 12.6 Å².